The first-order valence-electron chi connectivity index (χ1n) is 8.34. The quantitative estimate of drug-likeness (QED) is 0.909. The maximum absolute atomic E-state index is 12.5. The highest BCUT2D eigenvalue weighted by atomic mass is 16.5. The van der Waals surface area contributed by atoms with Gasteiger partial charge in [0.15, 0.2) is 0 Å². The molecule has 2 heterocycles. The molecule has 1 fully saturated rings. The molecule has 2 aromatic rings. The van der Waals surface area contributed by atoms with E-state index in [-0.39, 0.29) is 18.2 Å². The van der Waals surface area contributed by atoms with Gasteiger partial charge in [0.05, 0.1) is 18.2 Å². The van der Waals surface area contributed by atoms with Gasteiger partial charge in [0.25, 0.3) is 0 Å². The summed E-state index contributed by atoms with van der Waals surface area (Å²) < 4.78 is 5.60. The van der Waals surface area contributed by atoms with Crippen molar-refractivity contribution in [3.63, 3.8) is 0 Å². The van der Waals surface area contributed by atoms with Crippen molar-refractivity contribution in [2.24, 2.45) is 5.92 Å². The lowest BCUT2D eigenvalue weighted by Gasteiger charge is -2.20. The van der Waals surface area contributed by atoms with Crippen LogP contribution in [0.1, 0.15) is 18.9 Å². The van der Waals surface area contributed by atoms with Crippen LogP contribution in [0.4, 0.5) is 11.5 Å². The summed E-state index contributed by atoms with van der Waals surface area (Å²) in [6, 6.07) is 11.0. The number of ether oxygens (including phenoxy) is 1. The van der Waals surface area contributed by atoms with E-state index >= 15 is 0 Å². The molecule has 6 nitrogen and oxygen atoms in total. The van der Waals surface area contributed by atoms with E-state index in [0.29, 0.717) is 30.4 Å². The summed E-state index contributed by atoms with van der Waals surface area (Å²) in [6.45, 7) is 4.68. The maximum Gasteiger partial charge on any atom is 0.230 e. The molecule has 1 aliphatic rings. The average molecular weight is 339 g/mol. The highest BCUT2D eigenvalue weighted by molar-refractivity contribution is 6.03. The van der Waals surface area contributed by atoms with Crippen molar-refractivity contribution < 1.29 is 14.3 Å². The third-order valence-electron chi connectivity index (χ3n) is 4.11. The van der Waals surface area contributed by atoms with Crippen molar-refractivity contribution >= 4 is 23.3 Å². The Morgan fingerprint density at radius 1 is 1.32 bits per heavy atom. The van der Waals surface area contributed by atoms with Gasteiger partial charge in [-0.1, -0.05) is 18.2 Å². The van der Waals surface area contributed by atoms with Gasteiger partial charge in [-0.15, -0.1) is 0 Å². The van der Waals surface area contributed by atoms with Crippen molar-refractivity contribution in [2.45, 2.75) is 20.3 Å². The van der Waals surface area contributed by atoms with E-state index in [1.54, 1.807) is 17.2 Å². The smallest absolute Gasteiger partial charge is 0.230 e. The zero-order valence-electron chi connectivity index (χ0n) is 14.4. The van der Waals surface area contributed by atoms with Crippen molar-refractivity contribution in [1.29, 1.82) is 0 Å². The van der Waals surface area contributed by atoms with Crippen LogP contribution in [0.25, 0.3) is 0 Å². The number of benzene rings is 1. The van der Waals surface area contributed by atoms with Crippen molar-refractivity contribution in [2.75, 3.05) is 23.4 Å². The monoisotopic (exact) mass is 339 g/mol. The van der Waals surface area contributed by atoms with Gasteiger partial charge in [0.1, 0.15) is 11.6 Å². The molecule has 1 atom stereocenters. The SMILES string of the molecule is CCOc1ccccc1N1CC(C(=O)Nc2ccc(C)cn2)CC1=O. The van der Waals surface area contributed by atoms with Gasteiger partial charge in [-0.05, 0) is 37.6 Å². The summed E-state index contributed by atoms with van der Waals surface area (Å²) in [5.74, 6) is 0.464. The predicted octanol–water partition coefficient (Wildman–Crippen LogP) is 2.78. The van der Waals surface area contributed by atoms with Crippen molar-refractivity contribution in [1.82, 2.24) is 4.98 Å². The predicted molar refractivity (Wildman–Crippen MR) is 95.7 cm³/mol. The minimum absolute atomic E-state index is 0.0795. The molecule has 6 heteroatoms. The summed E-state index contributed by atoms with van der Waals surface area (Å²) in [5, 5.41) is 2.78. The fourth-order valence-electron chi connectivity index (χ4n) is 2.84. The fourth-order valence-corrected chi connectivity index (χ4v) is 2.84. The average Bonchev–Trinajstić information content (AvgIpc) is 2.99. The molecule has 1 aromatic heterocycles. The van der Waals surface area contributed by atoms with Crippen LogP contribution in [0.3, 0.4) is 0 Å². The third kappa shape index (κ3) is 3.79. The highest BCUT2D eigenvalue weighted by Crippen LogP contribution is 2.33. The number of pyridine rings is 1. The third-order valence-corrected chi connectivity index (χ3v) is 4.11. The number of amides is 2. The highest BCUT2D eigenvalue weighted by Gasteiger charge is 2.36. The molecule has 0 radical (unpaired) electrons. The summed E-state index contributed by atoms with van der Waals surface area (Å²) in [5.41, 5.74) is 1.73. The molecule has 0 aliphatic carbocycles. The Balaban J connectivity index is 1.72. The molecule has 2 amide bonds. The second kappa shape index (κ2) is 7.34. The first-order valence-corrected chi connectivity index (χ1v) is 8.34. The molecule has 3 rings (SSSR count). The van der Waals surface area contributed by atoms with Gasteiger partial charge in [0, 0.05) is 19.2 Å². The molecular formula is C19H21N3O3. The molecular weight excluding hydrogens is 318 g/mol. The lowest BCUT2D eigenvalue weighted by molar-refractivity contribution is -0.122. The first-order chi connectivity index (χ1) is 12.1. The van der Waals surface area contributed by atoms with Gasteiger partial charge >= 0.3 is 0 Å². The maximum atomic E-state index is 12.5. The van der Waals surface area contributed by atoms with Gasteiger partial charge in [-0.3, -0.25) is 9.59 Å². The number of hydrogen-bond acceptors (Lipinski definition) is 4. The molecule has 1 unspecified atom stereocenters. The molecule has 130 valence electrons. The van der Waals surface area contributed by atoms with Gasteiger partial charge < -0.3 is 15.0 Å². The summed E-state index contributed by atoms with van der Waals surface area (Å²) in [4.78, 5) is 30.7. The molecule has 0 saturated carbocycles. The van der Waals surface area contributed by atoms with E-state index in [2.05, 4.69) is 10.3 Å². The second-order valence-electron chi connectivity index (χ2n) is 6.02. The van der Waals surface area contributed by atoms with E-state index in [0.717, 1.165) is 5.56 Å². The summed E-state index contributed by atoms with van der Waals surface area (Å²) in [6.07, 6.45) is 1.87. The van der Waals surface area contributed by atoms with E-state index in [1.807, 2.05) is 44.2 Å². The van der Waals surface area contributed by atoms with E-state index in [9.17, 15) is 9.59 Å². The van der Waals surface area contributed by atoms with Crippen LogP contribution >= 0.6 is 0 Å². The normalized spacial score (nSPS) is 16.8. The van der Waals surface area contributed by atoms with E-state index in [4.69, 9.17) is 4.74 Å². The second-order valence-corrected chi connectivity index (χ2v) is 6.02. The number of aromatic nitrogens is 1. The Hall–Kier alpha value is -2.89. The number of carbonyl (C=O) groups excluding carboxylic acids is 2. The van der Waals surface area contributed by atoms with Crippen molar-refractivity contribution in [3.05, 3.63) is 48.2 Å². The topological polar surface area (TPSA) is 71.5 Å². The largest absolute Gasteiger partial charge is 0.492 e. The Morgan fingerprint density at radius 2 is 2.12 bits per heavy atom. The molecule has 1 N–H and O–H groups in total. The van der Waals surface area contributed by atoms with Crippen LogP contribution in [0.2, 0.25) is 0 Å². The minimum atomic E-state index is -0.412. The molecule has 0 bridgehead atoms. The molecule has 1 saturated heterocycles. The Kier molecular flexibility index (Phi) is 4.97. The zero-order valence-corrected chi connectivity index (χ0v) is 14.4. The van der Waals surface area contributed by atoms with Crippen LogP contribution in [0.15, 0.2) is 42.6 Å². The number of para-hydroxylation sites is 2. The zero-order chi connectivity index (χ0) is 17.8. The number of hydrogen-bond donors (Lipinski definition) is 1. The number of rotatable bonds is 5. The summed E-state index contributed by atoms with van der Waals surface area (Å²) in [7, 11) is 0. The van der Waals surface area contributed by atoms with Crippen LogP contribution in [-0.2, 0) is 9.59 Å². The number of nitrogens with one attached hydrogen (secondary N) is 1. The van der Waals surface area contributed by atoms with E-state index < -0.39 is 5.92 Å². The van der Waals surface area contributed by atoms with Gasteiger partial charge in [-0.25, -0.2) is 4.98 Å². The van der Waals surface area contributed by atoms with Crippen LogP contribution in [-0.4, -0.2) is 29.9 Å². The standard InChI is InChI=1S/C19H21N3O3/c1-3-25-16-7-5-4-6-15(16)22-12-14(10-18(22)23)19(24)21-17-9-8-13(2)11-20-17/h4-9,11,14H,3,10,12H2,1-2H3,(H,20,21,24). The number of carbonyl (C=O) groups is 2. The number of anilines is 2. The molecule has 1 aliphatic heterocycles. The minimum Gasteiger partial charge on any atom is -0.492 e. The van der Waals surface area contributed by atoms with E-state index in [1.165, 1.54) is 0 Å². The number of nitrogens with zero attached hydrogens (tertiary/aromatic N) is 2. The van der Waals surface area contributed by atoms with Gasteiger partial charge in [0.2, 0.25) is 11.8 Å². The molecule has 25 heavy (non-hydrogen) atoms. The molecule has 1 aromatic carbocycles. The Bertz CT molecular complexity index is 774. The lowest BCUT2D eigenvalue weighted by Crippen LogP contribution is -2.28. The summed E-state index contributed by atoms with van der Waals surface area (Å²) >= 11 is 0. The van der Waals surface area contributed by atoms with Crippen LogP contribution < -0.4 is 15.0 Å². The van der Waals surface area contributed by atoms with Crippen LogP contribution in [0, 0.1) is 12.8 Å². The Labute approximate surface area is 146 Å². The Morgan fingerprint density at radius 3 is 2.84 bits per heavy atom. The fraction of sp³-hybridized carbons (Fsp3) is 0.316. The first kappa shape index (κ1) is 17.0. The van der Waals surface area contributed by atoms with Crippen molar-refractivity contribution in [3.8, 4) is 5.75 Å². The molecule has 0 spiro atoms. The number of aryl methyl sites for hydroxylation is 1. The van der Waals surface area contributed by atoms with Crippen LogP contribution in [0.5, 0.6) is 5.75 Å². The van der Waals surface area contributed by atoms with Gasteiger partial charge in [-0.2, -0.15) is 0 Å². The lowest BCUT2D eigenvalue weighted by atomic mass is 10.1.